The largest absolute Gasteiger partial charge is 0.320 e. The molecule has 0 spiro atoms. The number of hydrogen-bond donors (Lipinski definition) is 2. The molecule has 6 nitrogen and oxygen atoms in total. The number of nitrogens with zero attached hydrogens (tertiary/aromatic N) is 3. The van der Waals surface area contributed by atoms with E-state index in [0.29, 0.717) is 5.69 Å². The van der Waals surface area contributed by atoms with Crippen molar-refractivity contribution in [2.24, 2.45) is 0 Å². The van der Waals surface area contributed by atoms with Crippen molar-refractivity contribution >= 4 is 24.0 Å². The van der Waals surface area contributed by atoms with Gasteiger partial charge < -0.3 is 10.6 Å². The summed E-state index contributed by atoms with van der Waals surface area (Å²) >= 11 is 0. The molecule has 1 aliphatic rings. The summed E-state index contributed by atoms with van der Waals surface area (Å²) in [5, 5.41) is 14.1. The minimum absolute atomic E-state index is 0. The van der Waals surface area contributed by atoms with Crippen molar-refractivity contribution in [1.82, 2.24) is 20.3 Å². The molecule has 1 aromatic carbocycles. The van der Waals surface area contributed by atoms with Gasteiger partial charge in [-0.05, 0) is 51.1 Å². The predicted molar refractivity (Wildman–Crippen MR) is 87.5 cm³/mol. The van der Waals surface area contributed by atoms with Gasteiger partial charge in [0, 0.05) is 5.69 Å². The zero-order chi connectivity index (χ0) is 15.5. The molecule has 2 aromatic rings. The minimum Gasteiger partial charge on any atom is -0.320 e. The fraction of sp³-hybridized carbons (Fsp3) is 0.400. The highest BCUT2D eigenvalue weighted by molar-refractivity contribution is 6.03. The van der Waals surface area contributed by atoms with Crippen LogP contribution >= 0.6 is 12.4 Å². The molecule has 0 saturated carbocycles. The molecule has 2 heterocycles. The number of nitrogens with one attached hydrogen (secondary N) is 2. The van der Waals surface area contributed by atoms with Gasteiger partial charge in [0.05, 0.1) is 11.7 Å². The first-order valence-electron chi connectivity index (χ1n) is 7.34. The summed E-state index contributed by atoms with van der Waals surface area (Å²) in [7, 11) is 0. The molecular formula is C15H19ClFN5O. The first-order valence-corrected chi connectivity index (χ1v) is 7.34. The van der Waals surface area contributed by atoms with Crippen molar-refractivity contribution in [3.63, 3.8) is 0 Å². The van der Waals surface area contributed by atoms with Crippen LogP contribution < -0.4 is 10.6 Å². The number of hydrogen-bond acceptors (Lipinski definition) is 4. The fourth-order valence-electron chi connectivity index (χ4n) is 2.71. The van der Waals surface area contributed by atoms with Gasteiger partial charge in [0.2, 0.25) is 0 Å². The average Bonchev–Trinajstić information content (AvgIpc) is 2.90. The number of anilines is 1. The van der Waals surface area contributed by atoms with E-state index in [9.17, 15) is 9.18 Å². The van der Waals surface area contributed by atoms with Gasteiger partial charge in [0.15, 0.2) is 5.69 Å². The maximum absolute atomic E-state index is 13.2. The number of halogens is 2. The second kappa shape index (κ2) is 7.52. The van der Waals surface area contributed by atoms with Crippen LogP contribution in [0.25, 0.3) is 0 Å². The standard InChI is InChI=1S/C15H18FN5O.ClH/c1-10-14(15(22)18-12-4-2-3-11(16)9-12)19-20-21(10)13-5-7-17-8-6-13;/h2-4,9,13,17H,5-8H2,1H3,(H,18,22);1H. The highest BCUT2D eigenvalue weighted by atomic mass is 35.5. The van der Waals surface area contributed by atoms with E-state index in [-0.39, 0.29) is 30.0 Å². The maximum Gasteiger partial charge on any atom is 0.278 e. The molecule has 1 aliphatic heterocycles. The van der Waals surface area contributed by atoms with E-state index in [1.54, 1.807) is 12.1 Å². The van der Waals surface area contributed by atoms with Gasteiger partial charge in [-0.15, -0.1) is 17.5 Å². The molecule has 0 aliphatic carbocycles. The van der Waals surface area contributed by atoms with Gasteiger partial charge in [-0.3, -0.25) is 4.79 Å². The third kappa shape index (κ3) is 3.86. The van der Waals surface area contributed by atoms with E-state index < -0.39 is 5.82 Å². The number of amides is 1. The quantitative estimate of drug-likeness (QED) is 0.900. The Morgan fingerprint density at radius 2 is 2.13 bits per heavy atom. The van der Waals surface area contributed by atoms with Crippen LogP contribution in [0.1, 0.15) is 35.1 Å². The summed E-state index contributed by atoms with van der Waals surface area (Å²) in [6.45, 7) is 3.71. The molecule has 1 amide bonds. The minimum atomic E-state index is -0.395. The van der Waals surface area contributed by atoms with E-state index in [0.717, 1.165) is 31.6 Å². The third-order valence-corrected chi connectivity index (χ3v) is 3.88. The van der Waals surface area contributed by atoms with Crippen molar-refractivity contribution in [3.05, 3.63) is 41.5 Å². The fourth-order valence-corrected chi connectivity index (χ4v) is 2.71. The Bertz CT molecular complexity index is 684. The van der Waals surface area contributed by atoms with Crippen molar-refractivity contribution in [3.8, 4) is 0 Å². The molecule has 124 valence electrons. The van der Waals surface area contributed by atoms with Crippen LogP contribution in [0, 0.1) is 12.7 Å². The highest BCUT2D eigenvalue weighted by Gasteiger charge is 2.22. The van der Waals surface area contributed by atoms with Crippen molar-refractivity contribution in [1.29, 1.82) is 0 Å². The van der Waals surface area contributed by atoms with E-state index in [4.69, 9.17) is 0 Å². The van der Waals surface area contributed by atoms with Crippen LogP contribution in [-0.4, -0.2) is 34.0 Å². The summed E-state index contributed by atoms with van der Waals surface area (Å²) in [6.07, 6.45) is 1.93. The lowest BCUT2D eigenvalue weighted by molar-refractivity contribution is 0.102. The van der Waals surface area contributed by atoms with Crippen LogP contribution in [0.4, 0.5) is 10.1 Å². The molecule has 23 heavy (non-hydrogen) atoms. The molecule has 1 saturated heterocycles. The van der Waals surface area contributed by atoms with Crippen molar-refractivity contribution < 1.29 is 9.18 Å². The number of carbonyl (C=O) groups is 1. The molecular weight excluding hydrogens is 321 g/mol. The van der Waals surface area contributed by atoms with Crippen LogP contribution in [0.2, 0.25) is 0 Å². The zero-order valence-corrected chi connectivity index (χ0v) is 13.6. The molecule has 2 N–H and O–H groups in total. The Hall–Kier alpha value is -1.99. The summed E-state index contributed by atoms with van der Waals surface area (Å²) in [4.78, 5) is 12.3. The zero-order valence-electron chi connectivity index (χ0n) is 12.8. The third-order valence-electron chi connectivity index (χ3n) is 3.88. The summed E-state index contributed by atoms with van der Waals surface area (Å²) in [5.41, 5.74) is 1.42. The van der Waals surface area contributed by atoms with Crippen LogP contribution in [-0.2, 0) is 0 Å². The molecule has 0 bridgehead atoms. The molecule has 0 atom stereocenters. The smallest absolute Gasteiger partial charge is 0.278 e. The summed E-state index contributed by atoms with van der Waals surface area (Å²) in [5.74, 6) is -0.767. The van der Waals surface area contributed by atoms with Gasteiger partial charge in [0.1, 0.15) is 5.82 Å². The lowest BCUT2D eigenvalue weighted by atomic mass is 10.1. The van der Waals surface area contributed by atoms with Crippen LogP contribution in [0.3, 0.4) is 0 Å². The first-order chi connectivity index (χ1) is 10.6. The number of carbonyl (C=O) groups excluding carboxylic acids is 1. The summed E-state index contributed by atoms with van der Waals surface area (Å²) in [6, 6.07) is 6.04. The predicted octanol–water partition coefficient (Wildman–Crippen LogP) is 2.32. The van der Waals surface area contributed by atoms with E-state index in [2.05, 4.69) is 20.9 Å². The highest BCUT2D eigenvalue weighted by Crippen LogP contribution is 2.21. The lowest BCUT2D eigenvalue weighted by Crippen LogP contribution is -2.30. The Labute approximate surface area is 139 Å². The second-order valence-corrected chi connectivity index (χ2v) is 5.41. The molecule has 1 aromatic heterocycles. The topological polar surface area (TPSA) is 71.8 Å². The van der Waals surface area contributed by atoms with Crippen molar-refractivity contribution in [2.75, 3.05) is 18.4 Å². The van der Waals surface area contributed by atoms with E-state index in [1.807, 2.05) is 11.6 Å². The van der Waals surface area contributed by atoms with E-state index >= 15 is 0 Å². The number of benzene rings is 1. The maximum atomic E-state index is 13.2. The number of rotatable bonds is 3. The van der Waals surface area contributed by atoms with E-state index in [1.165, 1.54) is 12.1 Å². The SMILES string of the molecule is Cc1c(C(=O)Nc2cccc(F)c2)nnn1C1CCNCC1.Cl. The number of aromatic nitrogens is 3. The average molecular weight is 340 g/mol. The van der Waals surface area contributed by atoms with Crippen LogP contribution in [0.15, 0.2) is 24.3 Å². The Morgan fingerprint density at radius 3 is 2.83 bits per heavy atom. The molecule has 0 radical (unpaired) electrons. The first kappa shape index (κ1) is 17.4. The van der Waals surface area contributed by atoms with Gasteiger partial charge >= 0.3 is 0 Å². The Balaban J connectivity index is 0.00000192. The summed E-state index contributed by atoms with van der Waals surface area (Å²) < 4.78 is 15.0. The van der Waals surface area contributed by atoms with Gasteiger partial charge in [-0.1, -0.05) is 11.3 Å². The Kier molecular flexibility index (Phi) is 5.68. The number of piperidine rings is 1. The van der Waals surface area contributed by atoms with Gasteiger partial charge in [-0.2, -0.15) is 0 Å². The monoisotopic (exact) mass is 339 g/mol. The normalized spacial score (nSPS) is 15.0. The van der Waals surface area contributed by atoms with Gasteiger partial charge in [0.25, 0.3) is 5.91 Å². The lowest BCUT2D eigenvalue weighted by Gasteiger charge is -2.23. The van der Waals surface area contributed by atoms with Gasteiger partial charge in [-0.25, -0.2) is 9.07 Å². The van der Waals surface area contributed by atoms with Crippen molar-refractivity contribution in [2.45, 2.75) is 25.8 Å². The second-order valence-electron chi connectivity index (χ2n) is 5.41. The van der Waals surface area contributed by atoms with Crippen LogP contribution in [0.5, 0.6) is 0 Å². The Morgan fingerprint density at radius 1 is 1.39 bits per heavy atom. The molecule has 0 unspecified atom stereocenters. The molecule has 8 heteroatoms. The molecule has 1 fully saturated rings. The molecule has 3 rings (SSSR count).